The van der Waals surface area contributed by atoms with Gasteiger partial charge >= 0.3 is 0 Å². The van der Waals surface area contributed by atoms with E-state index in [9.17, 15) is 8.42 Å². The molecular formula is C14H22BrN3O2S. The average Bonchev–Trinajstić information content (AvgIpc) is 2.40. The largest absolute Gasteiger partial charge is 0.398 e. The summed E-state index contributed by atoms with van der Waals surface area (Å²) in [6, 6.07) is 4.83. The number of nitrogens with zero attached hydrogens (tertiary/aromatic N) is 1. The van der Waals surface area contributed by atoms with Gasteiger partial charge in [0.05, 0.1) is 5.69 Å². The van der Waals surface area contributed by atoms with E-state index in [1.54, 1.807) is 12.1 Å². The molecule has 7 heteroatoms. The number of benzene rings is 1. The fourth-order valence-corrected chi connectivity index (χ4v) is 4.43. The Kier molecular flexibility index (Phi) is 5.65. The molecule has 1 aromatic carbocycles. The predicted molar refractivity (Wildman–Crippen MR) is 88.6 cm³/mol. The zero-order valence-electron chi connectivity index (χ0n) is 12.2. The monoisotopic (exact) mass is 375 g/mol. The van der Waals surface area contributed by atoms with E-state index in [4.69, 9.17) is 5.73 Å². The lowest BCUT2D eigenvalue weighted by Gasteiger charge is -2.31. The van der Waals surface area contributed by atoms with Gasteiger partial charge in [-0.2, -0.15) is 0 Å². The quantitative estimate of drug-likeness (QED) is 0.773. The van der Waals surface area contributed by atoms with E-state index in [1.807, 2.05) is 0 Å². The molecule has 0 saturated carbocycles. The summed E-state index contributed by atoms with van der Waals surface area (Å²) in [5.41, 5.74) is 6.08. The number of nitrogen functional groups attached to an aromatic ring is 1. The highest BCUT2D eigenvalue weighted by Gasteiger charge is 2.25. The van der Waals surface area contributed by atoms with Gasteiger partial charge < -0.3 is 10.6 Å². The average molecular weight is 376 g/mol. The molecular weight excluding hydrogens is 354 g/mol. The highest BCUT2D eigenvalue weighted by Crippen LogP contribution is 2.23. The molecule has 1 aromatic rings. The molecule has 1 saturated heterocycles. The summed E-state index contributed by atoms with van der Waals surface area (Å²) in [6.07, 6.45) is 2.82. The van der Waals surface area contributed by atoms with Crippen LogP contribution >= 0.6 is 15.9 Å². The van der Waals surface area contributed by atoms with E-state index in [1.165, 1.54) is 6.07 Å². The highest BCUT2D eigenvalue weighted by molar-refractivity contribution is 9.10. The van der Waals surface area contributed by atoms with Crippen LogP contribution in [0, 0.1) is 0 Å². The van der Waals surface area contributed by atoms with Crippen molar-refractivity contribution in [3.8, 4) is 0 Å². The number of likely N-dealkylation sites (tertiary alicyclic amines) is 1. The van der Waals surface area contributed by atoms with Gasteiger partial charge in [0.15, 0.2) is 0 Å². The van der Waals surface area contributed by atoms with Crippen molar-refractivity contribution in [2.45, 2.75) is 37.1 Å². The predicted octanol–water partition coefficient (Wildman–Crippen LogP) is 2.18. The van der Waals surface area contributed by atoms with E-state index in [0.717, 1.165) is 43.4 Å². The summed E-state index contributed by atoms with van der Waals surface area (Å²) in [5, 5.41) is 0. The minimum absolute atomic E-state index is 0.00819. The second-order valence-electron chi connectivity index (χ2n) is 5.42. The third-order valence-corrected chi connectivity index (χ3v) is 5.80. The van der Waals surface area contributed by atoms with Crippen molar-refractivity contribution in [1.82, 2.24) is 9.62 Å². The normalized spacial score (nSPS) is 18.0. The first-order chi connectivity index (χ1) is 9.92. The van der Waals surface area contributed by atoms with Gasteiger partial charge in [-0.1, -0.05) is 22.9 Å². The Labute approximate surface area is 135 Å². The molecule has 0 spiro atoms. The third kappa shape index (κ3) is 4.42. The van der Waals surface area contributed by atoms with Gasteiger partial charge in [0.1, 0.15) is 4.90 Å². The topological polar surface area (TPSA) is 75.4 Å². The molecule has 1 heterocycles. The maximum absolute atomic E-state index is 12.4. The van der Waals surface area contributed by atoms with Crippen molar-refractivity contribution in [3.05, 3.63) is 22.7 Å². The van der Waals surface area contributed by atoms with E-state index in [0.29, 0.717) is 0 Å². The van der Waals surface area contributed by atoms with E-state index in [-0.39, 0.29) is 16.6 Å². The molecule has 0 unspecified atom stereocenters. The van der Waals surface area contributed by atoms with Gasteiger partial charge in [0, 0.05) is 10.5 Å². The number of hydrogen-bond acceptors (Lipinski definition) is 4. The van der Waals surface area contributed by atoms with Crippen LogP contribution in [0.25, 0.3) is 0 Å². The van der Waals surface area contributed by atoms with Crippen molar-refractivity contribution in [2.24, 2.45) is 0 Å². The van der Waals surface area contributed by atoms with Gasteiger partial charge in [0.2, 0.25) is 10.0 Å². The van der Waals surface area contributed by atoms with Crippen LogP contribution in [0.2, 0.25) is 0 Å². The van der Waals surface area contributed by atoms with Crippen LogP contribution in [-0.2, 0) is 10.0 Å². The number of rotatable bonds is 5. The number of hydrogen-bond donors (Lipinski definition) is 2. The number of sulfonamides is 1. The molecule has 0 amide bonds. The lowest BCUT2D eigenvalue weighted by molar-refractivity contribution is 0.208. The molecule has 1 aliphatic rings. The van der Waals surface area contributed by atoms with E-state index >= 15 is 0 Å². The number of anilines is 1. The fourth-order valence-electron chi connectivity index (χ4n) is 2.64. The number of halogens is 1. The Hall–Kier alpha value is -0.630. The van der Waals surface area contributed by atoms with Crippen molar-refractivity contribution in [2.75, 3.05) is 25.4 Å². The van der Waals surface area contributed by atoms with Gasteiger partial charge in [-0.3, -0.25) is 0 Å². The van der Waals surface area contributed by atoms with Crippen LogP contribution in [0.15, 0.2) is 27.6 Å². The molecule has 118 valence electrons. The third-order valence-electron chi connectivity index (χ3n) is 3.71. The maximum Gasteiger partial charge on any atom is 0.242 e. The first-order valence-corrected chi connectivity index (χ1v) is 9.49. The minimum Gasteiger partial charge on any atom is -0.398 e. The number of nitrogens with two attached hydrogens (primary N) is 1. The maximum atomic E-state index is 12.4. The lowest BCUT2D eigenvalue weighted by Crippen LogP contribution is -2.44. The molecule has 5 nitrogen and oxygen atoms in total. The summed E-state index contributed by atoms with van der Waals surface area (Å²) >= 11 is 3.28. The number of nitrogens with one attached hydrogen (secondary N) is 1. The molecule has 1 fully saturated rings. The molecule has 2 rings (SSSR count). The van der Waals surface area contributed by atoms with Crippen molar-refractivity contribution >= 4 is 31.6 Å². The lowest BCUT2D eigenvalue weighted by atomic mass is 10.1. The summed E-state index contributed by atoms with van der Waals surface area (Å²) in [6.45, 7) is 5.12. The summed E-state index contributed by atoms with van der Waals surface area (Å²) < 4.78 is 28.4. The molecule has 3 N–H and O–H groups in total. The molecule has 0 atom stereocenters. The van der Waals surface area contributed by atoms with Gasteiger partial charge in [0.25, 0.3) is 0 Å². The van der Waals surface area contributed by atoms with Gasteiger partial charge in [-0.05, 0) is 57.1 Å². The molecule has 0 bridgehead atoms. The Morgan fingerprint density at radius 3 is 2.62 bits per heavy atom. The summed E-state index contributed by atoms with van der Waals surface area (Å²) in [4.78, 5) is 2.53. The van der Waals surface area contributed by atoms with E-state index < -0.39 is 10.0 Å². The molecule has 21 heavy (non-hydrogen) atoms. The van der Waals surface area contributed by atoms with E-state index in [2.05, 4.69) is 32.5 Å². The van der Waals surface area contributed by atoms with Crippen molar-refractivity contribution in [3.63, 3.8) is 0 Å². The van der Waals surface area contributed by atoms with Gasteiger partial charge in [-0.25, -0.2) is 13.1 Å². The fraction of sp³-hybridized carbons (Fsp3) is 0.571. The Morgan fingerprint density at radius 2 is 2.05 bits per heavy atom. The Morgan fingerprint density at radius 1 is 1.38 bits per heavy atom. The SMILES string of the molecule is CCCN1CCC(NS(=O)(=O)c2ccc(Br)cc2N)CC1. The van der Waals surface area contributed by atoms with Crippen LogP contribution in [0.3, 0.4) is 0 Å². The highest BCUT2D eigenvalue weighted by atomic mass is 79.9. The summed E-state index contributed by atoms with van der Waals surface area (Å²) in [7, 11) is -3.55. The second-order valence-corrected chi connectivity index (χ2v) is 8.02. The molecule has 0 radical (unpaired) electrons. The smallest absolute Gasteiger partial charge is 0.242 e. The van der Waals surface area contributed by atoms with Crippen LogP contribution in [0.4, 0.5) is 5.69 Å². The minimum atomic E-state index is -3.55. The molecule has 0 aromatic heterocycles. The van der Waals surface area contributed by atoms with Crippen LogP contribution in [0.5, 0.6) is 0 Å². The molecule has 0 aliphatic carbocycles. The molecule has 1 aliphatic heterocycles. The summed E-state index contributed by atoms with van der Waals surface area (Å²) in [5.74, 6) is 0. The van der Waals surface area contributed by atoms with Crippen LogP contribution in [-0.4, -0.2) is 39.0 Å². The number of piperidine rings is 1. The van der Waals surface area contributed by atoms with Crippen molar-refractivity contribution in [1.29, 1.82) is 0 Å². The van der Waals surface area contributed by atoms with Crippen LogP contribution in [0.1, 0.15) is 26.2 Å². The van der Waals surface area contributed by atoms with Crippen molar-refractivity contribution < 1.29 is 8.42 Å². The first-order valence-electron chi connectivity index (χ1n) is 7.22. The van der Waals surface area contributed by atoms with Gasteiger partial charge in [-0.15, -0.1) is 0 Å². The zero-order valence-corrected chi connectivity index (χ0v) is 14.6. The van der Waals surface area contributed by atoms with Crippen LogP contribution < -0.4 is 10.5 Å². The Bertz CT molecular complexity index is 584. The first kappa shape index (κ1) is 16.7. The zero-order chi connectivity index (χ0) is 15.5. The standard InChI is InChI=1S/C14H22BrN3O2S/c1-2-7-18-8-5-12(6-9-18)17-21(19,20)14-4-3-11(15)10-13(14)16/h3-4,10,12,17H,2,5-9,16H2,1H3. The Balaban J connectivity index is 2.02. The second kappa shape index (κ2) is 7.09.